The van der Waals surface area contributed by atoms with E-state index < -0.39 is 8.07 Å². The Bertz CT molecular complexity index is 380. The molecular weight excluding hydrogens is 236 g/mol. The lowest BCUT2D eigenvalue weighted by Crippen LogP contribution is -2.38. The third kappa shape index (κ3) is 3.02. The highest BCUT2D eigenvalue weighted by atomic mass is 35.5. The molecule has 0 aromatic heterocycles. The molecule has 0 spiro atoms. The van der Waals surface area contributed by atoms with Gasteiger partial charge in [0.1, 0.15) is 5.75 Å². The van der Waals surface area contributed by atoms with Crippen LogP contribution in [0.15, 0.2) is 18.2 Å². The van der Waals surface area contributed by atoms with Crippen LogP contribution in [-0.2, 0) is 0 Å². The summed E-state index contributed by atoms with van der Waals surface area (Å²) in [5, 5.41) is 2.14. The second kappa shape index (κ2) is 4.42. The van der Waals surface area contributed by atoms with Crippen molar-refractivity contribution in [3.8, 4) is 5.75 Å². The molecule has 0 N–H and O–H groups in total. The average molecular weight is 255 g/mol. The topological polar surface area (TPSA) is 9.23 Å². The van der Waals surface area contributed by atoms with Crippen LogP contribution in [0.25, 0.3) is 0 Å². The number of hydrogen-bond acceptors (Lipinski definition) is 1. The third-order valence-electron chi connectivity index (χ3n) is 2.92. The van der Waals surface area contributed by atoms with Crippen LogP contribution in [0.1, 0.15) is 12.8 Å². The van der Waals surface area contributed by atoms with Gasteiger partial charge in [-0.2, -0.15) is 0 Å². The summed E-state index contributed by atoms with van der Waals surface area (Å²) in [6, 6.07) is 6.08. The van der Waals surface area contributed by atoms with E-state index in [1.165, 1.54) is 18.0 Å². The van der Waals surface area contributed by atoms with Crippen LogP contribution in [0.2, 0.25) is 24.7 Å². The molecule has 1 saturated carbocycles. The Morgan fingerprint density at radius 1 is 1.31 bits per heavy atom. The molecule has 0 atom stereocenters. The van der Waals surface area contributed by atoms with Gasteiger partial charge in [-0.05, 0) is 36.1 Å². The number of ether oxygens (including phenoxy) is 1. The fourth-order valence-electron chi connectivity index (χ4n) is 1.73. The maximum absolute atomic E-state index is 6.03. The Labute approximate surface area is 104 Å². The smallest absolute Gasteiger partial charge is 0.120 e. The summed E-state index contributed by atoms with van der Waals surface area (Å²) < 4.78 is 5.92. The van der Waals surface area contributed by atoms with Crippen molar-refractivity contribution in [2.75, 3.05) is 6.61 Å². The molecule has 0 aliphatic heterocycles. The molecule has 88 valence electrons. The highest BCUT2D eigenvalue weighted by molar-refractivity contribution is 6.89. The average Bonchev–Trinajstić information content (AvgIpc) is 2.96. The summed E-state index contributed by atoms with van der Waals surface area (Å²) in [6.45, 7) is 7.86. The second-order valence-electron chi connectivity index (χ2n) is 5.64. The summed E-state index contributed by atoms with van der Waals surface area (Å²) in [6.07, 6.45) is 2.64. The van der Waals surface area contributed by atoms with Crippen LogP contribution < -0.4 is 9.92 Å². The van der Waals surface area contributed by atoms with E-state index in [-0.39, 0.29) is 0 Å². The zero-order valence-electron chi connectivity index (χ0n) is 10.2. The van der Waals surface area contributed by atoms with E-state index in [1.807, 2.05) is 12.1 Å². The van der Waals surface area contributed by atoms with Gasteiger partial charge >= 0.3 is 0 Å². The maximum Gasteiger partial charge on any atom is 0.120 e. The van der Waals surface area contributed by atoms with E-state index in [0.717, 1.165) is 23.3 Å². The first-order chi connectivity index (χ1) is 7.47. The summed E-state index contributed by atoms with van der Waals surface area (Å²) >= 11 is 6.03. The molecule has 0 amide bonds. The quantitative estimate of drug-likeness (QED) is 0.745. The number of benzene rings is 1. The molecule has 1 aliphatic rings. The first-order valence-corrected chi connectivity index (χ1v) is 9.77. The Balaban J connectivity index is 2.20. The lowest BCUT2D eigenvalue weighted by molar-refractivity contribution is 0.302. The van der Waals surface area contributed by atoms with Gasteiger partial charge in [0.15, 0.2) is 0 Å². The van der Waals surface area contributed by atoms with Crippen molar-refractivity contribution in [3.05, 3.63) is 23.2 Å². The second-order valence-corrected chi connectivity index (χ2v) is 11.1. The molecule has 1 nitrogen and oxygen atoms in total. The lowest BCUT2D eigenvalue weighted by Gasteiger charge is -2.21. The van der Waals surface area contributed by atoms with Crippen LogP contribution in [0.4, 0.5) is 0 Å². The van der Waals surface area contributed by atoms with E-state index in [4.69, 9.17) is 16.3 Å². The first kappa shape index (κ1) is 12.0. The molecule has 16 heavy (non-hydrogen) atoms. The zero-order valence-corrected chi connectivity index (χ0v) is 12.0. The van der Waals surface area contributed by atoms with Crippen molar-refractivity contribution < 1.29 is 4.74 Å². The predicted octanol–water partition coefficient (Wildman–Crippen LogP) is 3.67. The minimum Gasteiger partial charge on any atom is -0.493 e. The fraction of sp³-hybridized carbons (Fsp3) is 0.538. The molecule has 1 fully saturated rings. The van der Waals surface area contributed by atoms with E-state index >= 15 is 0 Å². The molecule has 0 unspecified atom stereocenters. The molecule has 1 aliphatic carbocycles. The molecule has 0 heterocycles. The van der Waals surface area contributed by atoms with E-state index in [9.17, 15) is 0 Å². The van der Waals surface area contributed by atoms with Crippen molar-refractivity contribution in [2.24, 2.45) is 5.92 Å². The minimum absolute atomic E-state index is 0.771. The lowest BCUT2D eigenvalue weighted by atomic mass is 10.3. The summed E-state index contributed by atoms with van der Waals surface area (Å²) in [5.41, 5.74) is 0. The predicted molar refractivity (Wildman–Crippen MR) is 72.7 cm³/mol. The van der Waals surface area contributed by atoms with Crippen LogP contribution in [0, 0.1) is 5.92 Å². The molecular formula is C13H19ClOSi. The van der Waals surface area contributed by atoms with Crippen LogP contribution in [0.3, 0.4) is 0 Å². The number of halogens is 1. The minimum atomic E-state index is -1.34. The Morgan fingerprint density at radius 2 is 2.00 bits per heavy atom. The van der Waals surface area contributed by atoms with Crippen LogP contribution in [0.5, 0.6) is 5.75 Å². The van der Waals surface area contributed by atoms with Gasteiger partial charge in [0.2, 0.25) is 0 Å². The summed E-state index contributed by atoms with van der Waals surface area (Å²) in [5.74, 6) is 1.80. The van der Waals surface area contributed by atoms with Crippen molar-refractivity contribution in [3.63, 3.8) is 0 Å². The van der Waals surface area contributed by atoms with Gasteiger partial charge < -0.3 is 4.74 Å². The van der Waals surface area contributed by atoms with Crippen LogP contribution in [-0.4, -0.2) is 14.7 Å². The highest BCUT2D eigenvalue weighted by Gasteiger charge is 2.25. The Hall–Kier alpha value is -0.473. The molecule has 0 radical (unpaired) electrons. The van der Waals surface area contributed by atoms with E-state index in [2.05, 4.69) is 25.7 Å². The molecule has 0 bridgehead atoms. The zero-order chi connectivity index (χ0) is 11.8. The monoisotopic (exact) mass is 254 g/mol. The Kier molecular flexibility index (Phi) is 3.31. The van der Waals surface area contributed by atoms with Gasteiger partial charge in [0, 0.05) is 5.02 Å². The van der Waals surface area contributed by atoms with Crippen LogP contribution >= 0.6 is 11.6 Å². The largest absolute Gasteiger partial charge is 0.493 e. The van der Waals surface area contributed by atoms with Crippen molar-refractivity contribution in [1.29, 1.82) is 0 Å². The van der Waals surface area contributed by atoms with Gasteiger partial charge in [-0.25, -0.2) is 0 Å². The standard InChI is InChI=1S/C13H19ClOSi/c1-16(2,3)13-7-6-11(14)8-12(13)15-9-10-4-5-10/h6-8,10H,4-5,9H2,1-3H3. The summed E-state index contributed by atoms with van der Waals surface area (Å²) in [7, 11) is -1.34. The number of rotatable bonds is 4. The Morgan fingerprint density at radius 3 is 2.56 bits per heavy atom. The third-order valence-corrected chi connectivity index (χ3v) is 5.19. The maximum atomic E-state index is 6.03. The molecule has 1 aromatic rings. The number of hydrogen-bond donors (Lipinski definition) is 0. The molecule has 2 rings (SSSR count). The van der Waals surface area contributed by atoms with E-state index in [1.54, 1.807) is 0 Å². The summed E-state index contributed by atoms with van der Waals surface area (Å²) in [4.78, 5) is 0. The van der Waals surface area contributed by atoms with Crippen molar-refractivity contribution in [1.82, 2.24) is 0 Å². The van der Waals surface area contributed by atoms with Crippen molar-refractivity contribution in [2.45, 2.75) is 32.5 Å². The fourth-order valence-corrected chi connectivity index (χ4v) is 3.36. The van der Waals surface area contributed by atoms with Gasteiger partial charge in [0.25, 0.3) is 0 Å². The highest BCUT2D eigenvalue weighted by Crippen LogP contribution is 2.30. The molecule has 3 heteroatoms. The molecule has 1 aromatic carbocycles. The van der Waals surface area contributed by atoms with Crippen molar-refractivity contribution >= 4 is 24.9 Å². The van der Waals surface area contributed by atoms with Gasteiger partial charge in [-0.3, -0.25) is 0 Å². The molecule has 0 saturated heterocycles. The van der Waals surface area contributed by atoms with Gasteiger partial charge in [-0.1, -0.05) is 37.3 Å². The SMILES string of the molecule is C[Si](C)(C)c1ccc(Cl)cc1OCC1CC1. The van der Waals surface area contributed by atoms with Gasteiger partial charge in [0.05, 0.1) is 14.7 Å². The van der Waals surface area contributed by atoms with E-state index in [0.29, 0.717) is 0 Å². The normalized spacial score (nSPS) is 16.2. The first-order valence-electron chi connectivity index (χ1n) is 5.89. The van der Waals surface area contributed by atoms with Gasteiger partial charge in [-0.15, -0.1) is 0 Å².